The third-order valence-corrected chi connectivity index (χ3v) is 6.28. The van der Waals surface area contributed by atoms with Gasteiger partial charge >= 0.3 is 5.97 Å². The van der Waals surface area contributed by atoms with Gasteiger partial charge in [0.2, 0.25) is 0 Å². The molecule has 1 aromatic heterocycles. The van der Waals surface area contributed by atoms with E-state index in [0.29, 0.717) is 21.6 Å². The minimum absolute atomic E-state index is 0.0865. The van der Waals surface area contributed by atoms with Crippen molar-refractivity contribution in [1.82, 2.24) is 20.2 Å². The Hall–Kier alpha value is -3.95. The molecule has 36 heavy (non-hydrogen) atoms. The van der Waals surface area contributed by atoms with Crippen LogP contribution in [0.5, 0.6) is 0 Å². The number of benzene rings is 3. The van der Waals surface area contributed by atoms with E-state index in [-0.39, 0.29) is 11.7 Å². The molecule has 0 saturated heterocycles. The lowest BCUT2D eigenvalue weighted by Crippen LogP contribution is -2.20. The number of aryl methyl sites for hydroxylation is 1. The lowest BCUT2D eigenvalue weighted by molar-refractivity contribution is -0.118. The van der Waals surface area contributed by atoms with Gasteiger partial charge in [-0.3, -0.25) is 9.36 Å². The van der Waals surface area contributed by atoms with Crippen LogP contribution in [0.25, 0.3) is 17.1 Å². The van der Waals surface area contributed by atoms with Crippen molar-refractivity contribution in [2.45, 2.75) is 12.1 Å². The summed E-state index contributed by atoms with van der Waals surface area (Å²) in [7, 11) is 1.33. The van der Waals surface area contributed by atoms with E-state index in [2.05, 4.69) is 25.5 Å². The van der Waals surface area contributed by atoms with E-state index in [4.69, 9.17) is 11.6 Å². The zero-order chi connectivity index (χ0) is 25.5. The molecule has 4 rings (SSSR count). The molecule has 4 aromatic rings. The molecule has 10 heteroatoms. The second-order valence-electron chi connectivity index (χ2n) is 7.68. The van der Waals surface area contributed by atoms with Crippen molar-refractivity contribution in [2.75, 3.05) is 12.9 Å². The first kappa shape index (κ1) is 25.2. The lowest BCUT2D eigenvalue weighted by Gasteiger charge is -2.10. The van der Waals surface area contributed by atoms with Gasteiger partial charge in [0.05, 0.1) is 24.6 Å². The van der Waals surface area contributed by atoms with Crippen LogP contribution in [0.2, 0.25) is 5.02 Å². The van der Waals surface area contributed by atoms with E-state index < -0.39 is 5.97 Å². The molecule has 0 aliphatic rings. The van der Waals surface area contributed by atoms with Crippen LogP contribution >= 0.6 is 23.4 Å². The van der Waals surface area contributed by atoms with Crippen molar-refractivity contribution in [2.24, 2.45) is 5.10 Å². The number of aromatic nitrogens is 3. The number of nitrogens with one attached hydrogen (secondary N) is 1. The lowest BCUT2D eigenvalue weighted by atomic mass is 10.1. The number of halogens is 1. The van der Waals surface area contributed by atoms with Gasteiger partial charge in [0.1, 0.15) is 0 Å². The largest absolute Gasteiger partial charge is 0.465 e. The first-order valence-corrected chi connectivity index (χ1v) is 12.2. The maximum atomic E-state index is 12.4. The van der Waals surface area contributed by atoms with Crippen molar-refractivity contribution in [3.8, 4) is 17.1 Å². The molecular weight excluding hydrogens is 498 g/mol. The molecule has 3 aromatic carbocycles. The number of hydrogen-bond acceptors (Lipinski definition) is 7. The normalized spacial score (nSPS) is 11.0. The van der Waals surface area contributed by atoms with Crippen LogP contribution in [0.15, 0.2) is 83.1 Å². The number of esters is 1. The van der Waals surface area contributed by atoms with Crippen LogP contribution in [0, 0.1) is 6.92 Å². The highest BCUT2D eigenvalue weighted by atomic mass is 35.5. The van der Waals surface area contributed by atoms with Crippen molar-refractivity contribution in [3.63, 3.8) is 0 Å². The highest BCUT2D eigenvalue weighted by Gasteiger charge is 2.17. The number of carbonyl (C=O) groups excluding carboxylic acids is 2. The molecule has 0 atom stereocenters. The molecule has 8 nitrogen and oxygen atoms in total. The van der Waals surface area contributed by atoms with Gasteiger partial charge in [0.15, 0.2) is 11.0 Å². The molecule has 1 N–H and O–H groups in total. The van der Waals surface area contributed by atoms with Crippen molar-refractivity contribution in [3.05, 3.63) is 94.5 Å². The van der Waals surface area contributed by atoms with E-state index in [1.165, 1.54) is 25.1 Å². The highest BCUT2D eigenvalue weighted by molar-refractivity contribution is 7.99. The summed E-state index contributed by atoms with van der Waals surface area (Å²) in [6, 6.07) is 22.0. The fourth-order valence-corrected chi connectivity index (χ4v) is 4.11. The molecule has 0 unspecified atom stereocenters. The maximum Gasteiger partial charge on any atom is 0.337 e. The second-order valence-corrected chi connectivity index (χ2v) is 9.06. The number of methoxy groups -OCH3 is 1. The molecular formula is C26H22ClN5O3S. The Labute approximate surface area is 217 Å². The number of hydrogen-bond donors (Lipinski definition) is 1. The Morgan fingerprint density at radius 2 is 1.72 bits per heavy atom. The van der Waals surface area contributed by atoms with Gasteiger partial charge in [0, 0.05) is 16.3 Å². The predicted molar refractivity (Wildman–Crippen MR) is 141 cm³/mol. The molecule has 0 aliphatic heterocycles. The third-order valence-electron chi connectivity index (χ3n) is 5.09. The average molecular weight is 520 g/mol. The molecule has 182 valence electrons. The Balaban J connectivity index is 1.45. The summed E-state index contributed by atoms with van der Waals surface area (Å²) in [5.41, 5.74) is 6.53. The van der Waals surface area contributed by atoms with Crippen LogP contribution in [-0.4, -0.2) is 45.7 Å². The topological polar surface area (TPSA) is 98.5 Å². The van der Waals surface area contributed by atoms with Gasteiger partial charge < -0.3 is 4.74 Å². The Kier molecular flexibility index (Phi) is 8.14. The first-order valence-electron chi connectivity index (χ1n) is 10.9. The predicted octanol–water partition coefficient (Wildman–Crippen LogP) is 4.93. The van der Waals surface area contributed by atoms with Crippen molar-refractivity contribution >= 4 is 41.5 Å². The van der Waals surface area contributed by atoms with E-state index >= 15 is 0 Å². The van der Waals surface area contributed by atoms with Gasteiger partial charge in [0.25, 0.3) is 5.91 Å². The minimum Gasteiger partial charge on any atom is -0.465 e. The van der Waals surface area contributed by atoms with E-state index in [0.717, 1.165) is 22.4 Å². The Morgan fingerprint density at radius 3 is 2.39 bits per heavy atom. The molecule has 0 saturated carbocycles. The third kappa shape index (κ3) is 6.18. The minimum atomic E-state index is -0.415. The van der Waals surface area contributed by atoms with Gasteiger partial charge in [-0.25, -0.2) is 10.2 Å². The molecule has 0 spiro atoms. The summed E-state index contributed by atoms with van der Waals surface area (Å²) in [4.78, 5) is 23.9. The smallest absolute Gasteiger partial charge is 0.337 e. The summed E-state index contributed by atoms with van der Waals surface area (Å²) in [6.07, 6.45) is 1.50. The summed E-state index contributed by atoms with van der Waals surface area (Å²) < 4.78 is 6.59. The van der Waals surface area contributed by atoms with Gasteiger partial charge in [-0.1, -0.05) is 53.2 Å². The Morgan fingerprint density at radius 1 is 1.03 bits per heavy atom. The zero-order valence-electron chi connectivity index (χ0n) is 19.5. The second kappa shape index (κ2) is 11.7. The van der Waals surface area contributed by atoms with Crippen molar-refractivity contribution in [1.29, 1.82) is 0 Å². The summed E-state index contributed by atoms with van der Waals surface area (Å²) in [6.45, 7) is 2.02. The fourth-order valence-electron chi connectivity index (χ4n) is 3.24. The van der Waals surface area contributed by atoms with Crippen molar-refractivity contribution < 1.29 is 14.3 Å². The molecule has 0 fully saturated rings. The molecule has 0 bridgehead atoms. The average Bonchev–Trinajstić information content (AvgIpc) is 3.32. The van der Waals surface area contributed by atoms with Gasteiger partial charge in [-0.15, -0.1) is 10.2 Å². The number of rotatable bonds is 8. The SMILES string of the molecule is COC(=O)c1ccc(/C=N\NC(=O)CSc2nnc(-c3ccc(Cl)cc3)n2-c2ccc(C)cc2)cc1. The standard InChI is InChI=1S/C26H22ClN5O3S/c1-17-3-13-22(14-4-17)32-24(19-9-11-21(27)12-10-19)30-31-26(32)36-16-23(33)29-28-15-18-5-7-20(8-6-18)25(34)35-2/h3-15H,16H2,1-2H3,(H,29,33)/b28-15-. The van der Waals surface area contributed by atoms with E-state index in [1.54, 1.807) is 36.4 Å². The molecule has 0 radical (unpaired) electrons. The molecule has 1 amide bonds. The first-order chi connectivity index (χ1) is 17.4. The Bertz CT molecular complexity index is 1380. The van der Waals surface area contributed by atoms with Crippen LogP contribution in [0.4, 0.5) is 0 Å². The number of carbonyl (C=O) groups is 2. The number of ether oxygens (including phenoxy) is 1. The fraction of sp³-hybridized carbons (Fsp3) is 0.115. The maximum absolute atomic E-state index is 12.4. The number of amides is 1. The zero-order valence-corrected chi connectivity index (χ0v) is 21.1. The van der Waals surface area contributed by atoms with Gasteiger partial charge in [-0.2, -0.15) is 5.10 Å². The van der Waals surface area contributed by atoms with Crippen LogP contribution in [0.3, 0.4) is 0 Å². The van der Waals surface area contributed by atoms with Crippen LogP contribution in [0.1, 0.15) is 21.5 Å². The summed E-state index contributed by atoms with van der Waals surface area (Å²) in [5.74, 6) is 0.0192. The summed E-state index contributed by atoms with van der Waals surface area (Å²) >= 11 is 7.30. The van der Waals surface area contributed by atoms with E-state index in [1.807, 2.05) is 47.9 Å². The van der Waals surface area contributed by atoms with Gasteiger partial charge in [-0.05, 0) is 61.0 Å². The number of thioether (sulfide) groups is 1. The number of hydrazone groups is 1. The van der Waals surface area contributed by atoms with Crippen LogP contribution in [-0.2, 0) is 9.53 Å². The number of nitrogens with zero attached hydrogens (tertiary/aromatic N) is 4. The highest BCUT2D eigenvalue weighted by Crippen LogP contribution is 2.28. The summed E-state index contributed by atoms with van der Waals surface area (Å²) in [5, 5.41) is 13.9. The monoisotopic (exact) mass is 519 g/mol. The van der Waals surface area contributed by atoms with Crippen LogP contribution < -0.4 is 5.43 Å². The quantitative estimate of drug-likeness (QED) is 0.153. The van der Waals surface area contributed by atoms with E-state index in [9.17, 15) is 9.59 Å². The molecule has 1 heterocycles. The molecule has 0 aliphatic carbocycles.